The molecule has 1 aliphatic rings. The van der Waals surface area contributed by atoms with Gasteiger partial charge in [-0.05, 0) is 24.6 Å². The third-order valence-electron chi connectivity index (χ3n) is 6.67. The predicted molar refractivity (Wildman–Crippen MR) is 131 cm³/mol. The summed E-state index contributed by atoms with van der Waals surface area (Å²) in [5, 5.41) is 22.0. The van der Waals surface area contributed by atoms with Crippen LogP contribution in [-0.2, 0) is 19.1 Å². The number of benzene rings is 1. The third-order valence-corrected chi connectivity index (χ3v) is 7.02. The molecular formula is C26H34ClNO7. The molecule has 0 bridgehead atoms. The number of cyclic esters (lactones) is 1. The number of aliphatic hydroxyl groups excluding tert-OH is 2. The lowest BCUT2D eigenvalue weighted by atomic mass is 9.74. The number of halogens is 1. The lowest BCUT2D eigenvalue weighted by molar-refractivity contribution is -0.156. The molecule has 35 heavy (non-hydrogen) atoms. The predicted octanol–water partition coefficient (Wildman–Crippen LogP) is 4.39. The van der Waals surface area contributed by atoms with Gasteiger partial charge in [-0.15, -0.1) is 0 Å². The van der Waals surface area contributed by atoms with E-state index in [0.717, 1.165) is 0 Å². The molecule has 2 N–H and O–H groups in total. The quantitative estimate of drug-likeness (QED) is 0.545. The van der Waals surface area contributed by atoms with Crippen molar-refractivity contribution in [3.05, 3.63) is 40.8 Å². The van der Waals surface area contributed by atoms with Crippen LogP contribution in [0.3, 0.4) is 0 Å². The van der Waals surface area contributed by atoms with Gasteiger partial charge in [0.1, 0.15) is 17.4 Å². The number of aromatic nitrogens is 1. The monoisotopic (exact) mass is 507 g/mol. The zero-order valence-corrected chi connectivity index (χ0v) is 21.5. The number of ether oxygens (including phenoxy) is 2. The number of nitrogens with zero attached hydrogens (tertiary/aromatic N) is 1. The molecule has 0 fully saturated rings. The molecule has 2 heterocycles. The van der Waals surface area contributed by atoms with Gasteiger partial charge >= 0.3 is 5.97 Å². The number of hydrogen-bond acceptors (Lipinski definition) is 8. The third kappa shape index (κ3) is 6.50. The maximum absolute atomic E-state index is 13.1. The first-order valence-electron chi connectivity index (χ1n) is 11.8. The number of esters is 1. The van der Waals surface area contributed by atoms with E-state index < -0.39 is 41.7 Å². The number of carbonyl (C=O) groups excluding carboxylic acids is 2. The number of carbonyl (C=O) groups is 2. The smallest absolute Gasteiger partial charge is 0.309 e. The minimum atomic E-state index is -1.30. The van der Waals surface area contributed by atoms with E-state index >= 15 is 0 Å². The minimum absolute atomic E-state index is 0.245. The lowest BCUT2D eigenvalue weighted by Gasteiger charge is -2.34. The van der Waals surface area contributed by atoms with Crippen molar-refractivity contribution >= 4 is 34.5 Å². The van der Waals surface area contributed by atoms with Crippen LogP contribution in [0, 0.1) is 18.3 Å². The molecule has 1 aliphatic heterocycles. The van der Waals surface area contributed by atoms with E-state index in [0.29, 0.717) is 40.4 Å². The van der Waals surface area contributed by atoms with Crippen molar-refractivity contribution in [1.82, 2.24) is 4.98 Å². The van der Waals surface area contributed by atoms with Gasteiger partial charge < -0.3 is 24.1 Å². The molecule has 1 aromatic heterocycles. The lowest BCUT2D eigenvalue weighted by Crippen LogP contribution is -2.47. The Hall–Kier alpha value is -2.26. The van der Waals surface area contributed by atoms with E-state index in [-0.39, 0.29) is 18.8 Å². The van der Waals surface area contributed by atoms with Gasteiger partial charge in [-0.3, -0.25) is 9.59 Å². The van der Waals surface area contributed by atoms with Crippen molar-refractivity contribution in [2.24, 2.45) is 11.3 Å². The van der Waals surface area contributed by atoms with E-state index in [1.54, 1.807) is 58.9 Å². The fraction of sp³-hybridized carbons (Fsp3) is 0.577. The summed E-state index contributed by atoms with van der Waals surface area (Å²) in [6.45, 7) is 8.40. The molecule has 5 atom stereocenters. The van der Waals surface area contributed by atoms with Gasteiger partial charge in [0.15, 0.2) is 11.5 Å². The summed E-state index contributed by atoms with van der Waals surface area (Å²) in [7, 11) is 0. The maximum Gasteiger partial charge on any atom is 0.309 e. The van der Waals surface area contributed by atoms with Crippen LogP contribution in [0.4, 0.5) is 0 Å². The summed E-state index contributed by atoms with van der Waals surface area (Å²) >= 11 is 6.39. The Morgan fingerprint density at radius 2 is 1.89 bits per heavy atom. The van der Waals surface area contributed by atoms with Crippen LogP contribution in [0.25, 0.3) is 11.1 Å². The number of hydrogen-bond donors (Lipinski definition) is 2. The number of fused-ring (bicyclic) bond motifs is 1. The first kappa shape index (κ1) is 27.3. The van der Waals surface area contributed by atoms with Gasteiger partial charge in [0.05, 0.1) is 36.8 Å². The largest absolute Gasteiger partial charge is 0.457 e. The van der Waals surface area contributed by atoms with Crippen molar-refractivity contribution < 1.29 is 33.7 Å². The highest BCUT2D eigenvalue weighted by atomic mass is 35.5. The number of aliphatic hydroxyl groups is 2. The van der Waals surface area contributed by atoms with Gasteiger partial charge in [0.25, 0.3) is 0 Å². The molecule has 0 saturated carbocycles. The summed E-state index contributed by atoms with van der Waals surface area (Å²) in [5.41, 5.74) is 0.677. The van der Waals surface area contributed by atoms with E-state index in [9.17, 15) is 19.8 Å². The Kier molecular flexibility index (Phi) is 8.75. The number of oxazole rings is 1. The molecule has 1 aromatic carbocycles. The highest BCUT2D eigenvalue weighted by Gasteiger charge is 2.42. The fourth-order valence-electron chi connectivity index (χ4n) is 4.22. The van der Waals surface area contributed by atoms with E-state index in [2.05, 4.69) is 4.98 Å². The first-order chi connectivity index (χ1) is 16.4. The number of Topliss-reactive ketones (excluding diaryl/α,β-unsaturated/α-hetero) is 1. The molecule has 9 heteroatoms. The molecule has 0 unspecified atom stereocenters. The molecule has 0 amide bonds. The zero-order valence-electron chi connectivity index (χ0n) is 20.8. The molecule has 0 saturated heterocycles. The Morgan fingerprint density at radius 1 is 1.17 bits per heavy atom. The standard InChI is InChI=1S/C26H34ClNO7/c1-14-24(31)15(2)33-11-10-18(27)7-9-20(17-6-8-21-19(12-17)28-16(3)34-21)35-23(30)13-22(29)26(4,5)25(14)32/h6-8,12,14-15,20,22,24,29,31H,9-11,13H2,1-5H3/b18-7-/t14-,15+,20+,22+,24+/m1/s1. The molecule has 3 rings (SSSR count). The molecule has 0 spiro atoms. The van der Waals surface area contributed by atoms with Crippen molar-refractivity contribution in [2.75, 3.05) is 6.61 Å². The molecule has 0 aliphatic carbocycles. The highest BCUT2D eigenvalue weighted by Crippen LogP contribution is 2.32. The average Bonchev–Trinajstić information content (AvgIpc) is 3.18. The highest BCUT2D eigenvalue weighted by molar-refractivity contribution is 6.29. The SMILES string of the molecule is Cc1nc2cc([C@@H]3C/C=C(\Cl)CCO[C@@H](C)[C@@H](O)[C@@H](C)C(=O)C(C)(C)[C@@H](O)CC(=O)O3)ccc2o1. The van der Waals surface area contributed by atoms with Crippen LogP contribution in [0.15, 0.2) is 33.7 Å². The Morgan fingerprint density at radius 3 is 2.60 bits per heavy atom. The van der Waals surface area contributed by atoms with Crippen LogP contribution in [0.1, 0.15) is 64.5 Å². The number of rotatable bonds is 1. The van der Waals surface area contributed by atoms with Gasteiger partial charge in [0, 0.05) is 30.7 Å². The van der Waals surface area contributed by atoms with Crippen LogP contribution in [0.2, 0.25) is 0 Å². The molecule has 8 nitrogen and oxygen atoms in total. The second-order valence-electron chi connectivity index (χ2n) is 9.74. The summed E-state index contributed by atoms with van der Waals surface area (Å²) in [6.07, 6.45) is -1.61. The number of ketones is 1. The van der Waals surface area contributed by atoms with E-state index in [1.807, 2.05) is 0 Å². The van der Waals surface area contributed by atoms with Gasteiger partial charge in [-0.2, -0.15) is 0 Å². The van der Waals surface area contributed by atoms with Crippen LogP contribution in [-0.4, -0.2) is 51.9 Å². The average molecular weight is 508 g/mol. The van der Waals surface area contributed by atoms with Crippen molar-refractivity contribution in [3.63, 3.8) is 0 Å². The summed E-state index contributed by atoms with van der Waals surface area (Å²) in [4.78, 5) is 30.3. The topological polar surface area (TPSA) is 119 Å². The summed E-state index contributed by atoms with van der Waals surface area (Å²) in [6, 6.07) is 5.35. The second kappa shape index (κ2) is 11.2. The summed E-state index contributed by atoms with van der Waals surface area (Å²) < 4.78 is 17.0. The Balaban J connectivity index is 1.91. The van der Waals surface area contributed by atoms with Crippen LogP contribution >= 0.6 is 11.6 Å². The Bertz CT molecular complexity index is 1090. The number of aryl methyl sites for hydroxylation is 1. The molecule has 0 radical (unpaired) electrons. The van der Waals surface area contributed by atoms with Gasteiger partial charge in [-0.1, -0.05) is 44.5 Å². The van der Waals surface area contributed by atoms with Crippen molar-refractivity contribution in [1.29, 1.82) is 0 Å². The van der Waals surface area contributed by atoms with Crippen LogP contribution < -0.4 is 0 Å². The minimum Gasteiger partial charge on any atom is -0.457 e. The van der Waals surface area contributed by atoms with Gasteiger partial charge in [-0.25, -0.2) is 4.98 Å². The normalized spacial score (nSPS) is 31.1. The first-order valence-corrected chi connectivity index (χ1v) is 12.2. The van der Waals surface area contributed by atoms with Crippen molar-refractivity contribution in [2.45, 2.75) is 78.3 Å². The van der Waals surface area contributed by atoms with E-state index in [4.69, 9.17) is 25.5 Å². The van der Waals surface area contributed by atoms with E-state index in [1.165, 1.54) is 0 Å². The zero-order chi connectivity index (χ0) is 25.9. The van der Waals surface area contributed by atoms with Gasteiger partial charge in [0.2, 0.25) is 0 Å². The second-order valence-corrected chi connectivity index (χ2v) is 10.2. The maximum atomic E-state index is 13.1. The van der Waals surface area contributed by atoms with Crippen LogP contribution in [0.5, 0.6) is 0 Å². The fourth-order valence-corrected chi connectivity index (χ4v) is 4.39. The molecule has 192 valence electrons. The van der Waals surface area contributed by atoms with Crippen molar-refractivity contribution in [3.8, 4) is 0 Å². The Labute approximate surface area is 210 Å². The molecular weight excluding hydrogens is 474 g/mol. The molecule has 2 aromatic rings. The summed E-state index contributed by atoms with van der Waals surface area (Å²) in [5.74, 6) is -1.30.